The average molecular weight is 310 g/mol. The van der Waals surface area contributed by atoms with Gasteiger partial charge in [0, 0.05) is 49.6 Å². The lowest BCUT2D eigenvalue weighted by Crippen LogP contribution is -2.51. The highest BCUT2D eigenvalue weighted by Gasteiger charge is 2.30. The third-order valence-electron chi connectivity index (χ3n) is 5.05. The summed E-state index contributed by atoms with van der Waals surface area (Å²) in [5.41, 5.74) is 1.81. The van der Waals surface area contributed by atoms with Gasteiger partial charge in [0.15, 0.2) is 0 Å². The molecule has 1 saturated heterocycles. The van der Waals surface area contributed by atoms with E-state index in [1.54, 1.807) is 29.2 Å². The minimum absolute atomic E-state index is 0.0137. The Labute approximate surface area is 136 Å². The van der Waals surface area contributed by atoms with Crippen LogP contribution in [0.15, 0.2) is 41.5 Å². The Morgan fingerprint density at radius 1 is 1.00 bits per heavy atom. The first kappa shape index (κ1) is 14.6. The van der Waals surface area contributed by atoms with Crippen LogP contribution in [0.3, 0.4) is 0 Å². The SMILES string of the molecule is O=c1ccc(-c2ccncc2)nn1CC1CN(CC2CCC2)C1. The van der Waals surface area contributed by atoms with Crippen molar-refractivity contribution in [3.05, 3.63) is 47.0 Å². The van der Waals surface area contributed by atoms with Crippen LogP contribution in [-0.4, -0.2) is 39.3 Å². The monoisotopic (exact) mass is 310 g/mol. The second-order valence-electron chi connectivity index (χ2n) is 6.86. The molecular weight excluding hydrogens is 288 g/mol. The van der Waals surface area contributed by atoms with E-state index >= 15 is 0 Å². The number of hydrogen-bond acceptors (Lipinski definition) is 4. The molecule has 23 heavy (non-hydrogen) atoms. The van der Waals surface area contributed by atoms with Crippen LogP contribution in [0.2, 0.25) is 0 Å². The van der Waals surface area contributed by atoms with Crippen molar-refractivity contribution in [1.82, 2.24) is 19.7 Å². The normalized spacial score (nSPS) is 19.3. The Kier molecular flexibility index (Phi) is 3.95. The molecule has 0 amide bonds. The predicted octanol–water partition coefficient (Wildman–Crippen LogP) is 2.04. The van der Waals surface area contributed by atoms with Gasteiger partial charge >= 0.3 is 0 Å². The van der Waals surface area contributed by atoms with Crippen molar-refractivity contribution >= 4 is 0 Å². The lowest BCUT2D eigenvalue weighted by Gasteiger charge is -2.43. The predicted molar refractivity (Wildman–Crippen MR) is 89.0 cm³/mol. The molecule has 1 aliphatic heterocycles. The second kappa shape index (κ2) is 6.24. The van der Waals surface area contributed by atoms with Crippen LogP contribution in [0, 0.1) is 11.8 Å². The fourth-order valence-electron chi connectivity index (χ4n) is 3.48. The zero-order valence-corrected chi connectivity index (χ0v) is 13.3. The third-order valence-corrected chi connectivity index (χ3v) is 5.05. The molecule has 3 heterocycles. The largest absolute Gasteiger partial charge is 0.302 e. The topological polar surface area (TPSA) is 51.0 Å². The lowest BCUT2D eigenvalue weighted by molar-refractivity contribution is 0.0521. The highest BCUT2D eigenvalue weighted by atomic mass is 16.1. The Hall–Kier alpha value is -2.01. The summed E-state index contributed by atoms with van der Waals surface area (Å²) in [5.74, 6) is 1.47. The molecule has 1 aliphatic carbocycles. The molecule has 5 heteroatoms. The summed E-state index contributed by atoms with van der Waals surface area (Å²) in [6.45, 7) is 4.17. The molecule has 2 fully saturated rings. The van der Waals surface area contributed by atoms with Crippen LogP contribution in [-0.2, 0) is 6.54 Å². The van der Waals surface area contributed by atoms with Crippen molar-refractivity contribution in [2.24, 2.45) is 11.8 Å². The summed E-state index contributed by atoms with van der Waals surface area (Å²) < 4.78 is 1.63. The first-order valence-electron chi connectivity index (χ1n) is 8.49. The van der Waals surface area contributed by atoms with Crippen molar-refractivity contribution in [2.75, 3.05) is 19.6 Å². The number of aromatic nitrogens is 3. The van der Waals surface area contributed by atoms with Gasteiger partial charge in [-0.1, -0.05) is 6.42 Å². The average Bonchev–Trinajstić information content (AvgIpc) is 2.50. The van der Waals surface area contributed by atoms with Gasteiger partial charge in [-0.3, -0.25) is 9.78 Å². The van der Waals surface area contributed by atoms with Gasteiger partial charge in [-0.25, -0.2) is 4.68 Å². The number of rotatable bonds is 5. The Morgan fingerprint density at radius 3 is 2.48 bits per heavy atom. The number of pyridine rings is 1. The van der Waals surface area contributed by atoms with E-state index in [4.69, 9.17) is 0 Å². The number of likely N-dealkylation sites (tertiary alicyclic amines) is 1. The summed E-state index contributed by atoms with van der Waals surface area (Å²) in [6, 6.07) is 7.24. The van der Waals surface area contributed by atoms with Crippen molar-refractivity contribution in [2.45, 2.75) is 25.8 Å². The molecule has 0 atom stereocenters. The van der Waals surface area contributed by atoms with E-state index in [0.717, 1.165) is 36.8 Å². The molecule has 0 radical (unpaired) electrons. The molecular formula is C18H22N4O. The summed E-state index contributed by atoms with van der Waals surface area (Å²) in [6.07, 6.45) is 7.70. The van der Waals surface area contributed by atoms with Gasteiger partial charge in [0.1, 0.15) is 0 Å². The van der Waals surface area contributed by atoms with E-state index < -0.39 is 0 Å². The van der Waals surface area contributed by atoms with Gasteiger partial charge in [-0.05, 0) is 37.0 Å². The van der Waals surface area contributed by atoms with Crippen LogP contribution in [0.25, 0.3) is 11.3 Å². The fourth-order valence-corrected chi connectivity index (χ4v) is 3.48. The van der Waals surface area contributed by atoms with Gasteiger partial charge in [0.05, 0.1) is 12.2 Å². The molecule has 2 aromatic rings. The van der Waals surface area contributed by atoms with Gasteiger partial charge in [0.2, 0.25) is 0 Å². The first-order valence-corrected chi connectivity index (χ1v) is 8.49. The molecule has 2 aromatic heterocycles. The van der Waals surface area contributed by atoms with E-state index in [9.17, 15) is 4.79 Å². The van der Waals surface area contributed by atoms with Crippen LogP contribution in [0.5, 0.6) is 0 Å². The summed E-state index contributed by atoms with van der Waals surface area (Å²) in [4.78, 5) is 18.6. The molecule has 0 N–H and O–H groups in total. The number of hydrogen-bond donors (Lipinski definition) is 0. The minimum atomic E-state index is -0.0137. The quantitative estimate of drug-likeness (QED) is 0.848. The van der Waals surface area contributed by atoms with Crippen molar-refractivity contribution in [3.8, 4) is 11.3 Å². The molecule has 0 aromatic carbocycles. The van der Waals surface area contributed by atoms with Crippen LogP contribution in [0.1, 0.15) is 19.3 Å². The van der Waals surface area contributed by atoms with Gasteiger partial charge < -0.3 is 4.90 Å². The van der Waals surface area contributed by atoms with E-state index in [1.807, 2.05) is 12.1 Å². The van der Waals surface area contributed by atoms with Crippen LogP contribution >= 0.6 is 0 Å². The Balaban J connectivity index is 1.40. The van der Waals surface area contributed by atoms with E-state index in [0.29, 0.717) is 5.92 Å². The molecule has 1 saturated carbocycles. The summed E-state index contributed by atoms with van der Waals surface area (Å²) in [7, 11) is 0. The minimum Gasteiger partial charge on any atom is -0.302 e. The second-order valence-corrected chi connectivity index (χ2v) is 6.86. The lowest BCUT2D eigenvalue weighted by atomic mass is 9.84. The van der Waals surface area contributed by atoms with Crippen molar-refractivity contribution in [3.63, 3.8) is 0 Å². The first-order chi connectivity index (χ1) is 11.3. The molecule has 0 bridgehead atoms. The maximum Gasteiger partial charge on any atom is 0.266 e. The molecule has 2 aliphatic rings. The maximum atomic E-state index is 12.1. The van der Waals surface area contributed by atoms with E-state index in [1.165, 1.54) is 25.8 Å². The maximum absolute atomic E-state index is 12.1. The molecule has 0 spiro atoms. The zero-order chi connectivity index (χ0) is 15.6. The molecule has 5 nitrogen and oxygen atoms in total. The van der Waals surface area contributed by atoms with E-state index in [2.05, 4.69) is 15.0 Å². The standard InChI is InChI=1S/C18H22N4O/c23-18-5-4-17(16-6-8-19-9-7-16)20-22(18)13-15-11-21(12-15)10-14-2-1-3-14/h4-9,14-15H,1-3,10-13H2. The highest BCUT2D eigenvalue weighted by molar-refractivity contribution is 5.56. The van der Waals surface area contributed by atoms with E-state index in [-0.39, 0.29) is 5.56 Å². The van der Waals surface area contributed by atoms with Gasteiger partial charge in [-0.15, -0.1) is 0 Å². The molecule has 0 unspecified atom stereocenters. The molecule has 4 rings (SSSR count). The fraction of sp³-hybridized carbons (Fsp3) is 0.500. The smallest absolute Gasteiger partial charge is 0.266 e. The van der Waals surface area contributed by atoms with Gasteiger partial charge in [0.25, 0.3) is 5.56 Å². The Morgan fingerprint density at radius 2 is 1.78 bits per heavy atom. The van der Waals surface area contributed by atoms with Crippen LogP contribution in [0.4, 0.5) is 0 Å². The van der Waals surface area contributed by atoms with Crippen molar-refractivity contribution < 1.29 is 0 Å². The zero-order valence-electron chi connectivity index (χ0n) is 13.3. The summed E-state index contributed by atoms with van der Waals surface area (Å²) >= 11 is 0. The van der Waals surface area contributed by atoms with Crippen molar-refractivity contribution in [1.29, 1.82) is 0 Å². The van der Waals surface area contributed by atoms with Gasteiger partial charge in [-0.2, -0.15) is 5.10 Å². The molecule has 120 valence electrons. The summed E-state index contributed by atoms with van der Waals surface area (Å²) in [5, 5.41) is 4.54. The Bertz CT molecular complexity index is 717. The number of nitrogens with zero attached hydrogens (tertiary/aromatic N) is 4. The van der Waals surface area contributed by atoms with Crippen LogP contribution < -0.4 is 5.56 Å². The third kappa shape index (κ3) is 3.20. The highest BCUT2D eigenvalue weighted by Crippen LogP contribution is 2.29.